The Morgan fingerprint density at radius 3 is 2.60 bits per heavy atom. The van der Waals surface area contributed by atoms with Gasteiger partial charge < -0.3 is 9.47 Å². The fourth-order valence-electron chi connectivity index (χ4n) is 2.16. The van der Waals surface area contributed by atoms with Crippen molar-refractivity contribution in [2.45, 2.75) is 19.8 Å². The maximum absolute atomic E-state index is 13.0. The van der Waals surface area contributed by atoms with Crippen molar-refractivity contribution in [2.24, 2.45) is 0 Å². The predicted molar refractivity (Wildman–Crippen MR) is 77.4 cm³/mol. The highest BCUT2D eigenvalue weighted by Gasteiger charge is 2.12. The molecule has 1 amide bonds. The minimum Gasteiger partial charge on any atom is -0.345 e. The third-order valence-electron chi connectivity index (χ3n) is 3.26. The summed E-state index contributed by atoms with van der Waals surface area (Å²) >= 11 is 0. The van der Waals surface area contributed by atoms with Crippen molar-refractivity contribution in [1.29, 1.82) is 0 Å². The Morgan fingerprint density at radius 1 is 1.25 bits per heavy atom. The van der Waals surface area contributed by atoms with Gasteiger partial charge in [-0.15, -0.1) is 0 Å². The van der Waals surface area contributed by atoms with Gasteiger partial charge in [-0.05, 0) is 42.8 Å². The van der Waals surface area contributed by atoms with E-state index in [0.29, 0.717) is 6.42 Å². The zero-order valence-corrected chi connectivity index (χ0v) is 11.8. The van der Waals surface area contributed by atoms with E-state index in [1.165, 1.54) is 12.1 Å². The molecule has 2 rings (SSSR count). The lowest BCUT2D eigenvalue weighted by Gasteiger charge is -2.17. The van der Waals surface area contributed by atoms with Crippen LogP contribution in [0, 0.1) is 5.82 Å². The molecular weight excluding hydrogens is 255 g/mol. The highest BCUT2D eigenvalue weighted by molar-refractivity contribution is 5.78. The molecule has 4 heteroatoms. The molecule has 2 aromatic rings. The Balaban J connectivity index is 2.17. The Hall–Kier alpha value is -2.10. The Bertz CT molecular complexity index is 574. The smallest absolute Gasteiger partial charge is 0.228 e. The van der Waals surface area contributed by atoms with Crippen LogP contribution in [0.3, 0.4) is 0 Å². The lowest BCUT2D eigenvalue weighted by molar-refractivity contribution is -0.129. The monoisotopic (exact) mass is 274 g/mol. The number of benzene rings is 1. The van der Waals surface area contributed by atoms with Gasteiger partial charge in [0, 0.05) is 31.2 Å². The van der Waals surface area contributed by atoms with E-state index in [1.54, 1.807) is 17.0 Å². The SMILES string of the molecule is CCCN(C)C(=O)Cc1cccn1-c1ccc(F)cc1. The van der Waals surface area contributed by atoms with Crippen molar-refractivity contribution < 1.29 is 9.18 Å². The van der Waals surface area contributed by atoms with Gasteiger partial charge >= 0.3 is 0 Å². The number of nitrogens with zero attached hydrogens (tertiary/aromatic N) is 2. The zero-order valence-electron chi connectivity index (χ0n) is 11.8. The quantitative estimate of drug-likeness (QED) is 0.822. The van der Waals surface area contributed by atoms with Crippen LogP contribution in [0.15, 0.2) is 42.6 Å². The minimum atomic E-state index is -0.263. The highest BCUT2D eigenvalue weighted by atomic mass is 19.1. The lowest BCUT2D eigenvalue weighted by atomic mass is 10.2. The number of likely N-dealkylation sites (N-methyl/N-ethyl adjacent to an activating group) is 1. The molecule has 3 nitrogen and oxygen atoms in total. The van der Waals surface area contributed by atoms with Gasteiger partial charge in [0.2, 0.25) is 5.91 Å². The highest BCUT2D eigenvalue weighted by Crippen LogP contribution is 2.14. The molecule has 0 fully saturated rings. The Morgan fingerprint density at radius 2 is 1.95 bits per heavy atom. The van der Waals surface area contributed by atoms with E-state index in [0.717, 1.165) is 24.3 Å². The molecule has 0 saturated heterocycles. The van der Waals surface area contributed by atoms with E-state index >= 15 is 0 Å². The summed E-state index contributed by atoms with van der Waals surface area (Å²) in [7, 11) is 1.82. The van der Waals surface area contributed by atoms with Crippen LogP contribution >= 0.6 is 0 Å². The molecule has 0 aliphatic heterocycles. The Kier molecular flexibility index (Phi) is 4.56. The summed E-state index contributed by atoms with van der Waals surface area (Å²) in [6.45, 7) is 2.81. The Labute approximate surface area is 118 Å². The molecule has 0 spiro atoms. The number of rotatable bonds is 5. The summed E-state index contributed by atoms with van der Waals surface area (Å²) in [6, 6.07) is 10.1. The maximum Gasteiger partial charge on any atom is 0.228 e. The van der Waals surface area contributed by atoms with Crippen molar-refractivity contribution in [3.05, 3.63) is 54.1 Å². The minimum absolute atomic E-state index is 0.0916. The standard InChI is InChI=1S/C16H19FN2O/c1-3-10-18(2)16(20)12-15-5-4-11-19(15)14-8-6-13(17)7-9-14/h4-9,11H,3,10,12H2,1-2H3. The van der Waals surface area contributed by atoms with Crippen LogP contribution in [0.25, 0.3) is 5.69 Å². The average molecular weight is 274 g/mol. The van der Waals surface area contributed by atoms with Crippen LogP contribution in [-0.4, -0.2) is 29.0 Å². The second-order valence-corrected chi connectivity index (χ2v) is 4.84. The van der Waals surface area contributed by atoms with Gasteiger partial charge in [-0.1, -0.05) is 6.92 Å². The maximum atomic E-state index is 13.0. The molecule has 1 aromatic heterocycles. The van der Waals surface area contributed by atoms with E-state index in [1.807, 2.05) is 36.9 Å². The van der Waals surface area contributed by atoms with E-state index in [4.69, 9.17) is 0 Å². The molecule has 0 saturated carbocycles. The fraction of sp³-hybridized carbons (Fsp3) is 0.312. The van der Waals surface area contributed by atoms with Gasteiger partial charge in [-0.3, -0.25) is 4.79 Å². The van der Waals surface area contributed by atoms with Crippen LogP contribution in [0.4, 0.5) is 4.39 Å². The molecule has 0 radical (unpaired) electrons. The summed E-state index contributed by atoms with van der Waals surface area (Å²) in [5, 5.41) is 0. The van der Waals surface area contributed by atoms with Crippen molar-refractivity contribution in [3.8, 4) is 5.69 Å². The van der Waals surface area contributed by atoms with Gasteiger partial charge in [0.05, 0.1) is 6.42 Å². The van der Waals surface area contributed by atoms with E-state index in [9.17, 15) is 9.18 Å². The number of aromatic nitrogens is 1. The van der Waals surface area contributed by atoms with E-state index < -0.39 is 0 Å². The average Bonchev–Trinajstić information content (AvgIpc) is 2.88. The first-order chi connectivity index (χ1) is 9.61. The summed E-state index contributed by atoms with van der Waals surface area (Å²) < 4.78 is 14.9. The van der Waals surface area contributed by atoms with Gasteiger partial charge in [0.25, 0.3) is 0 Å². The van der Waals surface area contributed by atoms with E-state index in [-0.39, 0.29) is 11.7 Å². The molecule has 0 atom stereocenters. The third-order valence-corrected chi connectivity index (χ3v) is 3.26. The van der Waals surface area contributed by atoms with Crippen LogP contribution in [0.1, 0.15) is 19.0 Å². The van der Waals surface area contributed by atoms with Gasteiger partial charge in [-0.25, -0.2) is 4.39 Å². The number of carbonyl (C=O) groups is 1. The second-order valence-electron chi connectivity index (χ2n) is 4.84. The molecule has 0 bridgehead atoms. The molecule has 0 unspecified atom stereocenters. The van der Waals surface area contributed by atoms with Gasteiger partial charge in [-0.2, -0.15) is 0 Å². The van der Waals surface area contributed by atoms with Gasteiger partial charge in [0.1, 0.15) is 5.82 Å². The normalized spacial score (nSPS) is 10.6. The van der Waals surface area contributed by atoms with Crippen molar-refractivity contribution in [1.82, 2.24) is 9.47 Å². The molecule has 0 aliphatic carbocycles. The molecule has 106 valence electrons. The molecule has 0 N–H and O–H groups in total. The number of carbonyl (C=O) groups excluding carboxylic acids is 1. The number of amides is 1. The number of hydrogen-bond donors (Lipinski definition) is 0. The first-order valence-corrected chi connectivity index (χ1v) is 6.78. The van der Waals surface area contributed by atoms with Crippen LogP contribution in [0.2, 0.25) is 0 Å². The predicted octanol–water partition coefficient (Wildman–Crippen LogP) is 3.03. The number of halogens is 1. The number of hydrogen-bond acceptors (Lipinski definition) is 1. The largest absolute Gasteiger partial charge is 0.345 e. The zero-order chi connectivity index (χ0) is 14.5. The summed E-state index contributed by atoms with van der Waals surface area (Å²) in [6.07, 6.45) is 3.18. The first-order valence-electron chi connectivity index (χ1n) is 6.78. The van der Waals surface area contributed by atoms with Crippen LogP contribution in [0.5, 0.6) is 0 Å². The second kappa shape index (κ2) is 6.37. The van der Waals surface area contributed by atoms with Crippen molar-refractivity contribution in [3.63, 3.8) is 0 Å². The van der Waals surface area contributed by atoms with Crippen LogP contribution in [-0.2, 0) is 11.2 Å². The summed E-state index contributed by atoms with van der Waals surface area (Å²) in [5.41, 5.74) is 1.77. The fourth-order valence-corrected chi connectivity index (χ4v) is 2.16. The van der Waals surface area contributed by atoms with Crippen molar-refractivity contribution >= 4 is 5.91 Å². The molecule has 0 aliphatic rings. The third kappa shape index (κ3) is 3.26. The molecule has 20 heavy (non-hydrogen) atoms. The first kappa shape index (κ1) is 14.3. The summed E-state index contributed by atoms with van der Waals surface area (Å²) in [5.74, 6) is -0.171. The molecule has 1 heterocycles. The van der Waals surface area contributed by atoms with E-state index in [2.05, 4.69) is 0 Å². The lowest BCUT2D eigenvalue weighted by Crippen LogP contribution is -2.29. The topological polar surface area (TPSA) is 25.2 Å². The summed E-state index contributed by atoms with van der Waals surface area (Å²) in [4.78, 5) is 13.8. The molecular formula is C16H19FN2O. The van der Waals surface area contributed by atoms with Crippen LogP contribution < -0.4 is 0 Å². The molecule has 1 aromatic carbocycles. The van der Waals surface area contributed by atoms with Gasteiger partial charge in [0.15, 0.2) is 0 Å². The van der Waals surface area contributed by atoms with Crippen molar-refractivity contribution in [2.75, 3.05) is 13.6 Å².